The number of hydrogen-bond acceptors (Lipinski definition) is 3. The first-order chi connectivity index (χ1) is 11.3. The van der Waals surface area contributed by atoms with Crippen molar-refractivity contribution in [2.24, 2.45) is 5.92 Å². The number of carbonyl (C=O) groups is 2. The lowest BCUT2D eigenvalue weighted by Gasteiger charge is -2.29. The van der Waals surface area contributed by atoms with Crippen LogP contribution >= 0.6 is 0 Å². The van der Waals surface area contributed by atoms with Crippen LogP contribution in [0.25, 0.3) is 0 Å². The molecule has 5 nitrogen and oxygen atoms in total. The van der Waals surface area contributed by atoms with Gasteiger partial charge in [0.05, 0.1) is 17.5 Å². The smallest absolute Gasteiger partial charge is 0.253 e. The molecule has 1 aromatic rings. The first-order valence-electron chi connectivity index (χ1n) is 8.69. The maximum atomic E-state index is 12.5. The Balaban J connectivity index is 2.00. The summed E-state index contributed by atoms with van der Waals surface area (Å²) in [5.41, 5.74) is 2.21. The molecule has 132 valence electrons. The lowest BCUT2D eigenvalue weighted by atomic mass is 9.88. The average Bonchev–Trinajstić information content (AvgIpc) is 2.49. The lowest BCUT2D eigenvalue weighted by Crippen LogP contribution is -2.33. The molecule has 2 N–H and O–H groups in total. The molecule has 1 fully saturated rings. The van der Waals surface area contributed by atoms with Crippen molar-refractivity contribution in [3.05, 3.63) is 23.8 Å². The molecule has 1 aromatic carbocycles. The molecule has 3 atom stereocenters. The van der Waals surface area contributed by atoms with Gasteiger partial charge in [-0.15, -0.1) is 0 Å². The second-order valence-electron chi connectivity index (χ2n) is 6.89. The molecule has 0 unspecified atom stereocenters. The van der Waals surface area contributed by atoms with E-state index in [1.165, 1.54) is 13.3 Å². The van der Waals surface area contributed by atoms with Crippen molar-refractivity contribution in [3.8, 4) is 0 Å². The van der Waals surface area contributed by atoms with E-state index in [9.17, 15) is 9.59 Å². The maximum Gasteiger partial charge on any atom is 0.253 e. The Morgan fingerprint density at radius 1 is 1.21 bits per heavy atom. The van der Waals surface area contributed by atoms with Gasteiger partial charge in [-0.1, -0.05) is 25.8 Å². The number of nitrogens with one attached hydrogen (secondary N) is 2. The number of rotatable bonds is 5. The van der Waals surface area contributed by atoms with Gasteiger partial charge in [-0.25, -0.2) is 0 Å². The molecule has 2 amide bonds. The number of amides is 2. The zero-order chi connectivity index (χ0) is 17.7. The van der Waals surface area contributed by atoms with Gasteiger partial charge in [-0.2, -0.15) is 0 Å². The highest BCUT2D eigenvalue weighted by Crippen LogP contribution is 2.27. The Kier molecular flexibility index (Phi) is 6.37. The van der Waals surface area contributed by atoms with Crippen molar-refractivity contribution in [2.45, 2.75) is 65.6 Å². The van der Waals surface area contributed by atoms with Crippen LogP contribution in [0.4, 0.5) is 11.4 Å². The molecule has 1 aliphatic rings. The molecule has 1 aliphatic carbocycles. The fourth-order valence-electron chi connectivity index (χ4n) is 3.15. The summed E-state index contributed by atoms with van der Waals surface area (Å²) >= 11 is 0. The van der Waals surface area contributed by atoms with Crippen molar-refractivity contribution in [2.75, 3.05) is 10.6 Å². The number of carbonyl (C=O) groups excluding carboxylic acids is 2. The summed E-state index contributed by atoms with van der Waals surface area (Å²) < 4.78 is 5.95. The fraction of sp³-hybridized carbons (Fsp3) is 0.579. The summed E-state index contributed by atoms with van der Waals surface area (Å²) in [7, 11) is 0. The van der Waals surface area contributed by atoms with Crippen molar-refractivity contribution in [3.63, 3.8) is 0 Å². The van der Waals surface area contributed by atoms with Gasteiger partial charge in [0.15, 0.2) is 0 Å². The summed E-state index contributed by atoms with van der Waals surface area (Å²) in [6.07, 6.45) is 4.06. The Morgan fingerprint density at radius 3 is 2.62 bits per heavy atom. The van der Waals surface area contributed by atoms with Gasteiger partial charge in [0, 0.05) is 6.92 Å². The molecule has 0 heterocycles. The van der Waals surface area contributed by atoms with Crippen LogP contribution in [0.1, 0.15) is 52.0 Å². The number of anilines is 2. The third-order valence-corrected chi connectivity index (χ3v) is 4.40. The molecule has 24 heavy (non-hydrogen) atoms. The van der Waals surface area contributed by atoms with Gasteiger partial charge in [0.25, 0.3) is 5.91 Å². The molecule has 0 spiro atoms. The molecule has 0 radical (unpaired) electrons. The zero-order valence-electron chi connectivity index (χ0n) is 15.0. The summed E-state index contributed by atoms with van der Waals surface area (Å²) in [4.78, 5) is 23.8. The van der Waals surface area contributed by atoms with Crippen LogP contribution in [0, 0.1) is 12.8 Å². The number of hydrogen-bond donors (Lipinski definition) is 2. The van der Waals surface area contributed by atoms with Crippen molar-refractivity contribution >= 4 is 23.2 Å². The van der Waals surface area contributed by atoms with Crippen molar-refractivity contribution in [1.82, 2.24) is 0 Å². The maximum absolute atomic E-state index is 12.5. The molecular weight excluding hydrogens is 304 g/mol. The first kappa shape index (κ1) is 18.5. The van der Waals surface area contributed by atoms with Crippen LogP contribution in [0.2, 0.25) is 0 Å². The number of benzene rings is 1. The third-order valence-electron chi connectivity index (χ3n) is 4.40. The Hall–Kier alpha value is -1.88. The zero-order valence-corrected chi connectivity index (χ0v) is 15.0. The monoisotopic (exact) mass is 332 g/mol. The van der Waals surface area contributed by atoms with Gasteiger partial charge in [0.2, 0.25) is 5.91 Å². The van der Waals surface area contributed by atoms with E-state index in [0.717, 1.165) is 24.8 Å². The largest absolute Gasteiger partial charge is 0.365 e. The van der Waals surface area contributed by atoms with Gasteiger partial charge in [0.1, 0.15) is 6.10 Å². The van der Waals surface area contributed by atoms with Crippen LogP contribution in [0.3, 0.4) is 0 Å². The molecule has 2 rings (SSSR count). The number of ether oxygens (including phenoxy) is 1. The van der Waals surface area contributed by atoms with E-state index in [1.807, 2.05) is 19.1 Å². The highest BCUT2D eigenvalue weighted by Gasteiger charge is 2.24. The van der Waals surface area contributed by atoms with E-state index >= 15 is 0 Å². The lowest BCUT2D eigenvalue weighted by molar-refractivity contribution is -0.131. The quantitative estimate of drug-likeness (QED) is 0.860. The van der Waals surface area contributed by atoms with Crippen LogP contribution in [-0.4, -0.2) is 24.0 Å². The second-order valence-corrected chi connectivity index (χ2v) is 6.89. The van der Waals surface area contributed by atoms with E-state index in [-0.39, 0.29) is 17.9 Å². The highest BCUT2D eigenvalue weighted by molar-refractivity contribution is 6.00. The summed E-state index contributed by atoms with van der Waals surface area (Å²) in [5.74, 6) is 0.294. The summed E-state index contributed by atoms with van der Waals surface area (Å²) in [6, 6.07) is 5.53. The van der Waals surface area contributed by atoms with Crippen LogP contribution in [-0.2, 0) is 14.3 Å². The van der Waals surface area contributed by atoms with Gasteiger partial charge < -0.3 is 15.4 Å². The van der Waals surface area contributed by atoms with Gasteiger partial charge in [-0.3, -0.25) is 9.59 Å². The minimum Gasteiger partial charge on any atom is -0.365 e. The Morgan fingerprint density at radius 2 is 1.96 bits per heavy atom. The SMILES string of the molecule is CC(=O)Nc1ccc(C)cc1NC(=O)[C@H](C)O[C@@H]1CCC[C@H](C)C1. The standard InChI is InChI=1S/C19H28N2O3/c1-12-6-5-7-16(10-12)24-14(3)19(23)21-18-11-13(2)8-9-17(18)20-15(4)22/h8-9,11-12,14,16H,5-7,10H2,1-4H3,(H,20,22)(H,21,23)/t12-,14-,16+/m0/s1. The van der Waals surface area contributed by atoms with Crippen LogP contribution in [0.5, 0.6) is 0 Å². The molecule has 0 bridgehead atoms. The number of aryl methyl sites for hydroxylation is 1. The predicted octanol–water partition coefficient (Wildman–Crippen LogP) is 3.88. The molecule has 0 saturated heterocycles. The van der Waals surface area contributed by atoms with E-state index < -0.39 is 6.10 Å². The minimum absolute atomic E-state index is 0.154. The van der Waals surface area contributed by atoms with E-state index in [0.29, 0.717) is 17.3 Å². The van der Waals surface area contributed by atoms with Gasteiger partial charge >= 0.3 is 0 Å². The average molecular weight is 332 g/mol. The van der Waals surface area contributed by atoms with Crippen LogP contribution in [0.15, 0.2) is 18.2 Å². The molecule has 5 heteroatoms. The van der Waals surface area contributed by atoms with Crippen LogP contribution < -0.4 is 10.6 Å². The second kappa shape index (κ2) is 8.29. The molecule has 1 saturated carbocycles. The fourth-order valence-corrected chi connectivity index (χ4v) is 3.15. The summed E-state index contributed by atoms with van der Waals surface area (Å²) in [6.45, 7) is 7.40. The van der Waals surface area contributed by atoms with Gasteiger partial charge in [-0.05, 0) is 50.3 Å². The molecular formula is C19H28N2O3. The first-order valence-corrected chi connectivity index (χ1v) is 8.69. The van der Waals surface area contributed by atoms with E-state index in [2.05, 4.69) is 17.6 Å². The van der Waals surface area contributed by atoms with Crippen molar-refractivity contribution in [1.29, 1.82) is 0 Å². The molecule has 0 aromatic heterocycles. The Bertz CT molecular complexity index is 600. The Labute approximate surface area is 144 Å². The predicted molar refractivity (Wildman–Crippen MR) is 96.1 cm³/mol. The minimum atomic E-state index is -0.522. The van der Waals surface area contributed by atoms with E-state index in [4.69, 9.17) is 4.74 Å². The van der Waals surface area contributed by atoms with E-state index in [1.54, 1.807) is 13.0 Å². The normalized spacial score (nSPS) is 21.8. The summed E-state index contributed by atoms with van der Waals surface area (Å²) in [5, 5.41) is 5.62. The van der Waals surface area contributed by atoms with Crippen molar-refractivity contribution < 1.29 is 14.3 Å². The topological polar surface area (TPSA) is 67.4 Å². The highest BCUT2D eigenvalue weighted by atomic mass is 16.5. The third kappa shape index (κ3) is 5.34. The molecule has 0 aliphatic heterocycles.